The summed E-state index contributed by atoms with van der Waals surface area (Å²) >= 11 is 0. The van der Waals surface area contributed by atoms with E-state index in [1.165, 1.54) is 6.20 Å². The Morgan fingerprint density at radius 3 is 2.94 bits per heavy atom. The van der Waals surface area contributed by atoms with Gasteiger partial charge in [-0.15, -0.1) is 0 Å². The molecule has 2 aromatic rings. The highest BCUT2D eigenvalue weighted by Crippen LogP contribution is 2.10. The third kappa shape index (κ3) is 2.45. The molecule has 2 rings (SSSR count). The number of carbonyl (C=O) groups excluding carboxylic acids is 1. The first-order valence-corrected chi connectivity index (χ1v) is 5.48. The number of hydrogen-bond acceptors (Lipinski definition) is 3. The zero-order valence-electron chi connectivity index (χ0n) is 9.97. The summed E-state index contributed by atoms with van der Waals surface area (Å²) in [7, 11) is 1.94. The van der Waals surface area contributed by atoms with Gasteiger partial charge in [0.05, 0.1) is 17.8 Å². The Labute approximate surface area is 99.6 Å². The molecular formula is C12H16N4O. The molecule has 0 aliphatic rings. The zero-order chi connectivity index (χ0) is 12.4. The molecule has 1 unspecified atom stereocenters. The number of H-pyrrole nitrogens is 1. The molecule has 5 heteroatoms. The lowest BCUT2D eigenvalue weighted by Crippen LogP contribution is -2.32. The van der Waals surface area contributed by atoms with Crippen molar-refractivity contribution in [2.45, 2.75) is 19.4 Å². The number of nitrogens with zero attached hydrogens (tertiary/aromatic N) is 2. The molecule has 2 heterocycles. The van der Waals surface area contributed by atoms with E-state index >= 15 is 0 Å². The van der Waals surface area contributed by atoms with Crippen LogP contribution in [0.3, 0.4) is 0 Å². The van der Waals surface area contributed by atoms with Crippen LogP contribution in [0.2, 0.25) is 0 Å². The molecule has 90 valence electrons. The molecular weight excluding hydrogens is 216 g/mol. The van der Waals surface area contributed by atoms with Crippen molar-refractivity contribution in [3.8, 4) is 0 Å². The van der Waals surface area contributed by atoms with E-state index in [2.05, 4.69) is 10.2 Å². The number of rotatable bonds is 4. The van der Waals surface area contributed by atoms with Crippen LogP contribution in [0.25, 0.3) is 0 Å². The minimum atomic E-state index is -0.520. The fourth-order valence-corrected chi connectivity index (χ4v) is 1.83. The van der Waals surface area contributed by atoms with Crippen LogP contribution in [0.4, 0.5) is 0 Å². The Hall–Kier alpha value is -1.88. The van der Waals surface area contributed by atoms with Crippen LogP contribution in [0.1, 0.15) is 21.6 Å². The maximum absolute atomic E-state index is 12.0. The molecule has 5 nitrogen and oxygen atoms in total. The fourth-order valence-electron chi connectivity index (χ4n) is 1.83. The van der Waals surface area contributed by atoms with Crippen LogP contribution in [-0.2, 0) is 13.5 Å². The van der Waals surface area contributed by atoms with Crippen molar-refractivity contribution in [1.82, 2.24) is 14.8 Å². The average Bonchev–Trinajstić information content (AvgIpc) is 2.86. The highest BCUT2D eigenvalue weighted by atomic mass is 16.1. The van der Waals surface area contributed by atoms with E-state index in [0.29, 0.717) is 12.0 Å². The number of nitrogens with one attached hydrogen (secondary N) is 1. The summed E-state index contributed by atoms with van der Waals surface area (Å²) in [6.45, 7) is 1.81. The standard InChI is InChI=1S/C12H16N4O/c1-8-10(6-14-15-8)12(17)11(13)5-9-3-4-16(2)7-9/h3-4,6-7,11H,5,13H2,1-2H3,(H,14,15). The third-order valence-corrected chi connectivity index (χ3v) is 2.78. The SMILES string of the molecule is Cc1[nH]ncc1C(=O)C(N)Cc1ccn(C)c1. The number of nitrogens with two attached hydrogens (primary N) is 1. The quantitative estimate of drug-likeness (QED) is 0.766. The highest BCUT2D eigenvalue weighted by molar-refractivity contribution is 6.00. The van der Waals surface area contributed by atoms with Gasteiger partial charge in [-0.3, -0.25) is 9.89 Å². The second-order valence-corrected chi connectivity index (χ2v) is 4.27. The van der Waals surface area contributed by atoms with E-state index in [-0.39, 0.29) is 5.78 Å². The number of carbonyl (C=O) groups is 1. The molecule has 0 aromatic carbocycles. The second-order valence-electron chi connectivity index (χ2n) is 4.27. The maximum Gasteiger partial charge on any atom is 0.183 e. The van der Waals surface area contributed by atoms with Gasteiger partial charge >= 0.3 is 0 Å². The van der Waals surface area contributed by atoms with Crippen LogP contribution < -0.4 is 5.73 Å². The highest BCUT2D eigenvalue weighted by Gasteiger charge is 2.19. The molecule has 0 aliphatic heterocycles. The van der Waals surface area contributed by atoms with Crippen LogP contribution >= 0.6 is 0 Å². The summed E-state index contributed by atoms with van der Waals surface area (Å²) in [4.78, 5) is 12.0. The van der Waals surface area contributed by atoms with Crippen molar-refractivity contribution in [3.05, 3.63) is 41.5 Å². The molecule has 0 aliphatic carbocycles. The number of ketones is 1. The van der Waals surface area contributed by atoms with E-state index in [1.807, 2.05) is 37.0 Å². The monoisotopic (exact) mass is 232 g/mol. The summed E-state index contributed by atoms with van der Waals surface area (Å²) in [5, 5.41) is 6.57. The lowest BCUT2D eigenvalue weighted by Gasteiger charge is -2.08. The van der Waals surface area contributed by atoms with E-state index in [4.69, 9.17) is 5.73 Å². The molecule has 17 heavy (non-hydrogen) atoms. The van der Waals surface area contributed by atoms with Crippen LogP contribution in [0, 0.1) is 6.92 Å². The lowest BCUT2D eigenvalue weighted by atomic mass is 10.0. The minimum absolute atomic E-state index is 0.0693. The Bertz CT molecular complexity index is 526. The molecule has 3 N–H and O–H groups in total. The van der Waals surface area contributed by atoms with Gasteiger partial charge in [-0.2, -0.15) is 5.10 Å². The van der Waals surface area contributed by atoms with Gasteiger partial charge in [0.2, 0.25) is 0 Å². The van der Waals surface area contributed by atoms with Crippen molar-refractivity contribution in [1.29, 1.82) is 0 Å². The van der Waals surface area contributed by atoms with Gasteiger partial charge in [0, 0.05) is 25.1 Å². The summed E-state index contributed by atoms with van der Waals surface area (Å²) in [6.07, 6.45) is 5.98. The fraction of sp³-hybridized carbons (Fsp3) is 0.333. The first kappa shape index (κ1) is 11.6. The van der Waals surface area contributed by atoms with Crippen LogP contribution in [0.15, 0.2) is 24.7 Å². The second kappa shape index (κ2) is 4.55. The van der Waals surface area contributed by atoms with Crippen molar-refractivity contribution in [3.63, 3.8) is 0 Å². The van der Waals surface area contributed by atoms with E-state index < -0.39 is 6.04 Å². The normalized spacial score (nSPS) is 12.6. The maximum atomic E-state index is 12.0. The van der Waals surface area contributed by atoms with Gasteiger partial charge in [0.1, 0.15) is 0 Å². The summed E-state index contributed by atoms with van der Waals surface area (Å²) in [5.74, 6) is -0.0693. The molecule has 2 aromatic heterocycles. The molecule has 0 amide bonds. The van der Waals surface area contributed by atoms with Crippen molar-refractivity contribution in [2.75, 3.05) is 0 Å². The first-order valence-electron chi connectivity index (χ1n) is 5.48. The molecule has 1 atom stereocenters. The third-order valence-electron chi connectivity index (χ3n) is 2.78. The minimum Gasteiger partial charge on any atom is -0.357 e. The van der Waals surface area contributed by atoms with Crippen molar-refractivity contribution < 1.29 is 4.79 Å². The van der Waals surface area contributed by atoms with Gasteiger partial charge in [-0.25, -0.2) is 0 Å². The van der Waals surface area contributed by atoms with E-state index in [0.717, 1.165) is 11.3 Å². The smallest absolute Gasteiger partial charge is 0.183 e. The Balaban J connectivity index is 2.08. The van der Waals surface area contributed by atoms with E-state index in [9.17, 15) is 4.79 Å². The Kier molecular flexibility index (Phi) is 3.10. The number of Topliss-reactive ketones (excluding diaryl/α,β-unsaturated/α-hetero) is 1. The van der Waals surface area contributed by atoms with Crippen LogP contribution in [0.5, 0.6) is 0 Å². The number of aromatic nitrogens is 3. The van der Waals surface area contributed by atoms with Crippen molar-refractivity contribution in [2.24, 2.45) is 12.8 Å². The summed E-state index contributed by atoms with van der Waals surface area (Å²) in [5.41, 5.74) is 8.32. The predicted octanol–water partition coefficient (Wildman–Crippen LogP) is 0.809. The van der Waals surface area contributed by atoms with Gasteiger partial charge in [0.15, 0.2) is 5.78 Å². The molecule has 0 saturated carbocycles. The lowest BCUT2D eigenvalue weighted by molar-refractivity contribution is 0.0960. The van der Waals surface area contributed by atoms with Gasteiger partial charge in [-0.05, 0) is 25.0 Å². The Morgan fingerprint density at radius 1 is 1.65 bits per heavy atom. The number of hydrogen-bond donors (Lipinski definition) is 2. The summed E-state index contributed by atoms with van der Waals surface area (Å²) in [6, 6.07) is 1.45. The molecule has 0 spiro atoms. The number of aryl methyl sites for hydroxylation is 2. The summed E-state index contributed by atoms with van der Waals surface area (Å²) < 4.78 is 1.94. The Morgan fingerprint density at radius 2 is 2.41 bits per heavy atom. The molecule has 0 saturated heterocycles. The molecule has 0 radical (unpaired) electrons. The van der Waals surface area contributed by atoms with Gasteiger partial charge in [0.25, 0.3) is 0 Å². The predicted molar refractivity (Wildman–Crippen MR) is 64.7 cm³/mol. The first-order chi connectivity index (χ1) is 8.08. The van der Waals surface area contributed by atoms with Gasteiger partial charge in [-0.1, -0.05) is 0 Å². The largest absolute Gasteiger partial charge is 0.357 e. The van der Waals surface area contributed by atoms with E-state index in [1.54, 1.807) is 0 Å². The molecule has 0 bridgehead atoms. The van der Waals surface area contributed by atoms with Crippen molar-refractivity contribution >= 4 is 5.78 Å². The average molecular weight is 232 g/mol. The number of aromatic amines is 1. The topological polar surface area (TPSA) is 76.7 Å². The zero-order valence-corrected chi connectivity index (χ0v) is 9.97. The van der Waals surface area contributed by atoms with Crippen LogP contribution in [-0.4, -0.2) is 26.6 Å². The molecule has 0 fully saturated rings. The van der Waals surface area contributed by atoms with Gasteiger partial charge < -0.3 is 10.3 Å².